The fourth-order valence-corrected chi connectivity index (χ4v) is 3.74. The van der Waals surface area contributed by atoms with E-state index in [1.165, 1.54) is 19.3 Å². The van der Waals surface area contributed by atoms with Crippen molar-refractivity contribution in [3.8, 4) is 5.75 Å². The number of hydrogen-bond donors (Lipinski definition) is 1. The summed E-state index contributed by atoms with van der Waals surface area (Å²) >= 11 is 0. The number of phenols is 1. The summed E-state index contributed by atoms with van der Waals surface area (Å²) in [5.41, 5.74) is 0.872. The van der Waals surface area contributed by atoms with Crippen LogP contribution in [0.4, 0.5) is 0 Å². The highest BCUT2D eigenvalue weighted by Crippen LogP contribution is 2.33. The minimum atomic E-state index is -0.350. The number of aromatic hydroxyl groups is 1. The Kier molecular flexibility index (Phi) is 3.77. The lowest BCUT2D eigenvalue weighted by Crippen LogP contribution is -2.36. The van der Waals surface area contributed by atoms with E-state index in [-0.39, 0.29) is 11.4 Å². The van der Waals surface area contributed by atoms with Crippen molar-refractivity contribution in [2.45, 2.75) is 38.8 Å². The molecule has 124 valence electrons. The third kappa shape index (κ3) is 2.47. The standard InChI is InChI=1S/C20H21NO3/c1-13-6-4-5-11-21(13)12-17-18(22)10-9-15-14-7-2-3-8-16(14)20(23)24-19(15)17/h2-3,7-10,13,22H,4-6,11-12H2,1H3/t13-/m0/s1. The lowest BCUT2D eigenvalue weighted by molar-refractivity contribution is 0.151. The predicted molar refractivity (Wildman–Crippen MR) is 95.4 cm³/mol. The summed E-state index contributed by atoms with van der Waals surface area (Å²) in [6, 6.07) is 11.5. The molecule has 1 saturated heterocycles. The van der Waals surface area contributed by atoms with Gasteiger partial charge in [0.25, 0.3) is 0 Å². The van der Waals surface area contributed by atoms with Crippen LogP contribution in [0.2, 0.25) is 0 Å². The second-order valence-corrected chi connectivity index (χ2v) is 6.69. The highest BCUT2D eigenvalue weighted by molar-refractivity contribution is 6.05. The monoisotopic (exact) mass is 323 g/mol. The Morgan fingerprint density at radius 1 is 1.12 bits per heavy atom. The molecule has 1 aliphatic heterocycles. The van der Waals surface area contributed by atoms with Crippen LogP contribution in [0.25, 0.3) is 21.7 Å². The Bertz CT molecular complexity index is 960. The lowest BCUT2D eigenvalue weighted by Gasteiger charge is -2.33. The van der Waals surface area contributed by atoms with Gasteiger partial charge < -0.3 is 9.52 Å². The van der Waals surface area contributed by atoms with E-state index in [1.807, 2.05) is 24.3 Å². The number of nitrogens with zero attached hydrogens (tertiary/aromatic N) is 1. The summed E-state index contributed by atoms with van der Waals surface area (Å²) in [7, 11) is 0. The summed E-state index contributed by atoms with van der Waals surface area (Å²) in [6.07, 6.45) is 3.58. The highest BCUT2D eigenvalue weighted by Gasteiger charge is 2.22. The van der Waals surface area contributed by atoms with Crippen molar-refractivity contribution in [2.75, 3.05) is 6.54 Å². The average Bonchev–Trinajstić information content (AvgIpc) is 2.59. The molecule has 4 heteroatoms. The van der Waals surface area contributed by atoms with Crippen LogP contribution in [0.15, 0.2) is 45.6 Å². The quantitative estimate of drug-likeness (QED) is 0.571. The molecular weight excluding hydrogens is 302 g/mol. The molecule has 1 aliphatic rings. The molecule has 0 bridgehead atoms. The van der Waals surface area contributed by atoms with Gasteiger partial charge in [-0.15, -0.1) is 0 Å². The lowest BCUT2D eigenvalue weighted by atomic mass is 10.0. The molecular formula is C20H21NO3. The molecule has 1 N–H and O–H groups in total. The van der Waals surface area contributed by atoms with Crippen LogP contribution in [-0.4, -0.2) is 22.6 Å². The maximum absolute atomic E-state index is 12.4. The number of likely N-dealkylation sites (tertiary alicyclic amines) is 1. The van der Waals surface area contributed by atoms with Gasteiger partial charge in [-0.3, -0.25) is 4.90 Å². The Labute approximate surface area is 140 Å². The largest absolute Gasteiger partial charge is 0.507 e. The molecule has 4 nitrogen and oxygen atoms in total. The molecule has 2 aromatic carbocycles. The summed E-state index contributed by atoms with van der Waals surface area (Å²) < 4.78 is 5.62. The number of phenolic OH excluding ortho intramolecular Hbond substituents is 1. The van der Waals surface area contributed by atoms with Crippen LogP contribution in [0.3, 0.4) is 0 Å². The Balaban J connectivity index is 1.91. The zero-order chi connectivity index (χ0) is 16.7. The molecule has 2 heterocycles. The number of benzene rings is 2. The van der Waals surface area contributed by atoms with Gasteiger partial charge in [0.2, 0.25) is 0 Å². The van der Waals surface area contributed by atoms with Crippen LogP contribution in [-0.2, 0) is 6.54 Å². The first-order valence-electron chi connectivity index (χ1n) is 8.55. The van der Waals surface area contributed by atoms with E-state index in [1.54, 1.807) is 12.1 Å². The fraction of sp³-hybridized carbons (Fsp3) is 0.350. The maximum Gasteiger partial charge on any atom is 0.344 e. The van der Waals surface area contributed by atoms with E-state index in [9.17, 15) is 9.90 Å². The number of fused-ring (bicyclic) bond motifs is 3. The molecule has 1 fully saturated rings. The summed E-state index contributed by atoms with van der Waals surface area (Å²) in [4.78, 5) is 14.7. The normalized spacial score (nSPS) is 19.1. The van der Waals surface area contributed by atoms with Crippen molar-refractivity contribution in [2.24, 2.45) is 0 Å². The van der Waals surface area contributed by atoms with Crippen LogP contribution >= 0.6 is 0 Å². The molecule has 1 aromatic heterocycles. The van der Waals surface area contributed by atoms with Crippen molar-refractivity contribution < 1.29 is 9.52 Å². The van der Waals surface area contributed by atoms with Crippen LogP contribution in [0, 0.1) is 0 Å². The van der Waals surface area contributed by atoms with Gasteiger partial charge in [0.15, 0.2) is 0 Å². The molecule has 1 atom stereocenters. The average molecular weight is 323 g/mol. The minimum Gasteiger partial charge on any atom is -0.507 e. The van der Waals surface area contributed by atoms with Gasteiger partial charge in [0, 0.05) is 18.0 Å². The van der Waals surface area contributed by atoms with Gasteiger partial charge in [0.05, 0.1) is 10.9 Å². The second-order valence-electron chi connectivity index (χ2n) is 6.69. The Hall–Kier alpha value is -2.33. The van der Waals surface area contributed by atoms with Crippen LogP contribution in [0.5, 0.6) is 5.75 Å². The summed E-state index contributed by atoms with van der Waals surface area (Å²) in [5.74, 6) is 0.193. The van der Waals surface area contributed by atoms with E-state index in [2.05, 4.69) is 11.8 Å². The maximum atomic E-state index is 12.4. The first kappa shape index (κ1) is 15.2. The molecule has 24 heavy (non-hydrogen) atoms. The minimum absolute atomic E-state index is 0.193. The van der Waals surface area contributed by atoms with Crippen molar-refractivity contribution in [3.05, 3.63) is 52.4 Å². The molecule has 0 radical (unpaired) electrons. The zero-order valence-corrected chi connectivity index (χ0v) is 13.8. The van der Waals surface area contributed by atoms with E-state index < -0.39 is 0 Å². The van der Waals surface area contributed by atoms with Gasteiger partial charge >= 0.3 is 5.63 Å². The molecule has 0 saturated carbocycles. The van der Waals surface area contributed by atoms with Crippen molar-refractivity contribution in [1.29, 1.82) is 0 Å². The Morgan fingerprint density at radius 2 is 1.92 bits per heavy atom. The third-order valence-corrected chi connectivity index (χ3v) is 5.17. The SMILES string of the molecule is C[C@H]1CCCCN1Cc1c(O)ccc2c1oc(=O)c1ccccc12. The highest BCUT2D eigenvalue weighted by atomic mass is 16.4. The zero-order valence-electron chi connectivity index (χ0n) is 13.8. The van der Waals surface area contributed by atoms with E-state index in [0.29, 0.717) is 29.1 Å². The van der Waals surface area contributed by atoms with E-state index >= 15 is 0 Å². The van der Waals surface area contributed by atoms with Gasteiger partial charge in [-0.25, -0.2) is 4.79 Å². The smallest absolute Gasteiger partial charge is 0.344 e. The van der Waals surface area contributed by atoms with Crippen molar-refractivity contribution >= 4 is 21.7 Å². The molecule has 3 aromatic rings. The van der Waals surface area contributed by atoms with Crippen LogP contribution < -0.4 is 5.63 Å². The van der Waals surface area contributed by atoms with Crippen molar-refractivity contribution in [3.63, 3.8) is 0 Å². The molecule has 4 rings (SSSR count). The first-order valence-corrected chi connectivity index (χ1v) is 8.55. The van der Waals surface area contributed by atoms with Gasteiger partial charge in [-0.1, -0.05) is 24.6 Å². The fourth-order valence-electron chi connectivity index (χ4n) is 3.74. The van der Waals surface area contributed by atoms with Crippen molar-refractivity contribution in [1.82, 2.24) is 4.90 Å². The first-order chi connectivity index (χ1) is 11.6. The van der Waals surface area contributed by atoms with E-state index in [4.69, 9.17) is 4.42 Å². The van der Waals surface area contributed by atoms with E-state index in [0.717, 1.165) is 17.3 Å². The Morgan fingerprint density at radius 3 is 2.71 bits per heavy atom. The van der Waals surface area contributed by atoms with Gasteiger partial charge in [-0.05, 0) is 49.9 Å². The number of piperidine rings is 1. The number of rotatable bonds is 2. The van der Waals surface area contributed by atoms with Gasteiger partial charge in [0.1, 0.15) is 11.3 Å². The van der Waals surface area contributed by atoms with Gasteiger partial charge in [-0.2, -0.15) is 0 Å². The molecule has 0 amide bonds. The second kappa shape index (κ2) is 5.95. The summed E-state index contributed by atoms with van der Waals surface area (Å²) in [6.45, 7) is 3.83. The predicted octanol–water partition coefficient (Wildman–Crippen LogP) is 4.03. The molecule has 0 spiro atoms. The van der Waals surface area contributed by atoms with Crippen LogP contribution in [0.1, 0.15) is 31.7 Å². The topological polar surface area (TPSA) is 53.7 Å². The number of hydrogen-bond acceptors (Lipinski definition) is 4. The summed E-state index contributed by atoms with van der Waals surface area (Å²) in [5, 5.41) is 12.7. The molecule has 0 aliphatic carbocycles. The third-order valence-electron chi connectivity index (χ3n) is 5.17. The molecule has 0 unspecified atom stereocenters.